The molecule has 2 amide bonds. The minimum atomic E-state index is -0.767. The van der Waals surface area contributed by atoms with Crippen LogP contribution < -0.4 is 15.0 Å². The molecule has 6 heteroatoms. The Morgan fingerprint density at radius 3 is 2.53 bits per heavy atom. The molecule has 1 aliphatic rings. The van der Waals surface area contributed by atoms with Crippen LogP contribution in [0.4, 0.5) is 5.69 Å². The topological polar surface area (TPSA) is 58.6 Å². The molecule has 2 aromatic carbocycles. The molecule has 1 atom stereocenters. The van der Waals surface area contributed by atoms with E-state index in [1.54, 1.807) is 23.3 Å². The number of nitrogens with one attached hydrogen (secondary N) is 1. The predicted octanol–water partition coefficient (Wildman–Crippen LogP) is 5.13. The number of carbonyl (C=O) groups excluding carboxylic acids is 2. The lowest BCUT2D eigenvalue weighted by molar-refractivity contribution is -0.127. The van der Waals surface area contributed by atoms with E-state index in [-0.39, 0.29) is 24.3 Å². The van der Waals surface area contributed by atoms with Gasteiger partial charge in [0.15, 0.2) is 0 Å². The number of hydrogen-bond acceptors (Lipinski definition) is 4. The van der Waals surface area contributed by atoms with E-state index in [4.69, 9.17) is 4.74 Å². The highest BCUT2D eigenvalue weighted by Crippen LogP contribution is 2.32. The van der Waals surface area contributed by atoms with Crippen LogP contribution >= 0.6 is 11.3 Å². The van der Waals surface area contributed by atoms with E-state index in [0.717, 1.165) is 36.1 Å². The summed E-state index contributed by atoms with van der Waals surface area (Å²) in [6, 6.07) is 20.2. The van der Waals surface area contributed by atoms with Gasteiger partial charge >= 0.3 is 0 Å². The Bertz CT molecular complexity index is 1030. The summed E-state index contributed by atoms with van der Waals surface area (Å²) in [5, 5.41) is 5.17. The fourth-order valence-electron chi connectivity index (χ4n) is 4.25. The molecule has 1 fully saturated rings. The summed E-state index contributed by atoms with van der Waals surface area (Å²) in [4.78, 5) is 29.9. The number of anilines is 1. The van der Waals surface area contributed by atoms with Crippen LogP contribution in [0.3, 0.4) is 0 Å². The van der Waals surface area contributed by atoms with E-state index >= 15 is 0 Å². The molecule has 1 saturated carbocycles. The van der Waals surface area contributed by atoms with Crippen LogP contribution in [0.5, 0.6) is 5.75 Å². The van der Waals surface area contributed by atoms with Crippen molar-refractivity contribution in [2.45, 2.75) is 44.2 Å². The number of thiophene rings is 1. The van der Waals surface area contributed by atoms with Crippen molar-refractivity contribution >= 4 is 28.8 Å². The van der Waals surface area contributed by atoms with E-state index in [0.29, 0.717) is 11.4 Å². The van der Waals surface area contributed by atoms with Gasteiger partial charge in [-0.2, -0.15) is 0 Å². The molecule has 1 aromatic heterocycles. The smallest absolute Gasteiger partial charge is 0.248 e. The van der Waals surface area contributed by atoms with Gasteiger partial charge in [0, 0.05) is 22.7 Å². The number of nitrogens with zero attached hydrogens (tertiary/aromatic N) is 1. The molecule has 1 heterocycles. The van der Waals surface area contributed by atoms with Crippen molar-refractivity contribution in [3.05, 3.63) is 82.6 Å². The molecule has 3 aromatic rings. The Morgan fingerprint density at radius 2 is 1.84 bits per heavy atom. The highest BCUT2D eigenvalue weighted by atomic mass is 32.1. The minimum Gasteiger partial charge on any atom is -0.497 e. The largest absolute Gasteiger partial charge is 0.497 e. The Balaban J connectivity index is 1.75. The zero-order chi connectivity index (χ0) is 22.3. The lowest BCUT2D eigenvalue weighted by Crippen LogP contribution is -2.46. The van der Waals surface area contributed by atoms with Crippen molar-refractivity contribution in [3.63, 3.8) is 0 Å². The number of rotatable bonds is 8. The van der Waals surface area contributed by atoms with Crippen molar-refractivity contribution in [1.82, 2.24) is 5.32 Å². The zero-order valence-corrected chi connectivity index (χ0v) is 19.0. The second-order valence-electron chi connectivity index (χ2n) is 8.02. The van der Waals surface area contributed by atoms with Gasteiger partial charge in [0.25, 0.3) is 0 Å². The average Bonchev–Trinajstić information content (AvgIpc) is 3.52. The highest BCUT2D eigenvalue weighted by molar-refractivity contribution is 7.10. The summed E-state index contributed by atoms with van der Waals surface area (Å²) in [6.45, 7) is 0. The number of ether oxygens (including phenoxy) is 1. The first-order valence-corrected chi connectivity index (χ1v) is 11.9. The summed E-state index contributed by atoms with van der Waals surface area (Å²) in [6.07, 6.45) is 4.44. The second kappa shape index (κ2) is 10.5. The third-order valence-electron chi connectivity index (χ3n) is 5.83. The van der Waals surface area contributed by atoms with Gasteiger partial charge in [0.05, 0.1) is 13.5 Å². The predicted molar refractivity (Wildman–Crippen MR) is 128 cm³/mol. The van der Waals surface area contributed by atoms with Crippen molar-refractivity contribution in [3.8, 4) is 5.75 Å². The van der Waals surface area contributed by atoms with E-state index in [1.807, 2.05) is 72.1 Å². The van der Waals surface area contributed by atoms with E-state index in [9.17, 15) is 9.59 Å². The third kappa shape index (κ3) is 5.19. The Labute approximate surface area is 193 Å². The molecule has 1 aliphatic carbocycles. The molecular weight excluding hydrogens is 420 g/mol. The van der Waals surface area contributed by atoms with E-state index in [1.165, 1.54) is 0 Å². The molecule has 166 valence electrons. The molecule has 5 nitrogen and oxygen atoms in total. The molecule has 0 radical (unpaired) electrons. The maximum atomic E-state index is 13.7. The van der Waals surface area contributed by atoms with Crippen LogP contribution in [0.1, 0.15) is 42.2 Å². The second-order valence-corrected chi connectivity index (χ2v) is 9.06. The van der Waals surface area contributed by atoms with Crippen LogP contribution in [0.2, 0.25) is 0 Å². The van der Waals surface area contributed by atoms with E-state index < -0.39 is 6.04 Å². The Morgan fingerprint density at radius 1 is 1.06 bits per heavy atom. The van der Waals surface area contributed by atoms with Crippen LogP contribution in [-0.4, -0.2) is 25.0 Å². The maximum absolute atomic E-state index is 13.7. The SMILES string of the molecule is COc1cccc(N(C(=O)Cc2cccs2)[C@@H](C(=O)NC2CCCC2)c2ccccc2)c1. The quantitative estimate of drug-likeness (QED) is 0.520. The maximum Gasteiger partial charge on any atom is 0.248 e. The number of methoxy groups -OCH3 is 1. The molecule has 4 rings (SSSR count). The van der Waals surface area contributed by atoms with Gasteiger partial charge in [-0.05, 0) is 42.0 Å². The van der Waals surface area contributed by atoms with Gasteiger partial charge in [0.2, 0.25) is 11.8 Å². The zero-order valence-electron chi connectivity index (χ0n) is 18.2. The van der Waals surface area contributed by atoms with Gasteiger partial charge in [-0.3, -0.25) is 14.5 Å². The molecule has 0 spiro atoms. The molecule has 1 N–H and O–H groups in total. The lowest BCUT2D eigenvalue weighted by atomic mass is 10.0. The molecular formula is C26H28N2O3S. The minimum absolute atomic E-state index is 0.129. The standard InChI is InChI=1S/C26H28N2O3S/c1-31-22-14-7-13-21(17-22)28(24(29)18-23-15-8-16-32-23)25(19-9-3-2-4-10-19)26(30)27-20-11-5-6-12-20/h2-4,7-10,13-17,20,25H,5-6,11-12,18H2,1H3,(H,27,30)/t25-/m1/s1. The van der Waals surface area contributed by atoms with E-state index in [2.05, 4.69) is 5.32 Å². The molecule has 0 bridgehead atoms. The van der Waals surface area contributed by atoms with Crippen LogP contribution in [0, 0.1) is 0 Å². The van der Waals surface area contributed by atoms with Crippen molar-refractivity contribution in [1.29, 1.82) is 0 Å². The summed E-state index contributed by atoms with van der Waals surface area (Å²) >= 11 is 1.54. The fraction of sp³-hybridized carbons (Fsp3) is 0.308. The normalized spacial score (nSPS) is 14.7. The first kappa shape index (κ1) is 22.1. The Hall–Kier alpha value is -3.12. The van der Waals surface area contributed by atoms with Gasteiger partial charge in [0.1, 0.15) is 11.8 Å². The van der Waals surface area contributed by atoms with Crippen LogP contribution in [-0.2, 0) is 16.0 Å². The summed E-state index contributed by atoms with van der Waals surface area (Å²) in [5.41, 5.74) is 1.42. The Kier molecular flexibility index (Phi) is 7.22. The molecule has 32 heavy (non-hydrogen) atoms. The van der Waals surface area contributed by atoms with Gasteiger partial charge < -0.3 is 10.1 Å². The van der Waals surface area contributed by atoms with Crippen molar-refractivity contribution in [2.24, 2.45) is 0 Å². The summed E-state index contributed by atoms with van der Waals surface area (Å²) in [5.74, 6) is 0.362. The number of benzene rings is 2. The van der Waals surface area contributed by atoms with Gasteiger partial charge in [-0.1, -0.05) is 55.3 Å². The number of amides is 2. The molecule has 0 unspecified atom stereocenters. The number of hydrogen-bond donors (Lipinski definition) is 1. The van der Waals surface area contributed by atoms with Gasteiger partial charge in [-0.15, -0.1) is 11.3 Å². The van der Waals surface area contributed by atoms with Crippen LogP contribution in [0.25, 0.3) is 0 Å². The lowest BCUT2D eigenvalue weighted by Gasteiger charge is -2.32. The monoisotopic (exact) mass is 448 g/mol. The highest BCUT2D eigenvalue weighted by Gasteiger charge is 2.34. The summed E-state index contributed by atoms with van der Waals surface area (Å²) in [7, 11) is 1.60. The third-order valence-corrected chi connectivity index (χ3v) is 6.71. The van der Waals surface area contributed by atoms with Crippen LogP contribution in [0.15, 0.2) is 72.1 Å². The fourth-order valence-corrected chi connectivity index (χ4v) is 4.94. The molecule has 0 aliphatic heterocycles. The first-order valence-electron chi connectivity index (χ1n) is 11.0. The van der Waals surface area contributed by atoms with Gasteiger partial charge in [-0.25, -0.2) is 0 Å². The van der Waals surface area contributed by atoms with Crippen molar-refractivity contribution < 1.29 is 14.3 Å². The average molecular weight is 449 g/mol. The molecule has 0 saturated heterocycles. The first-order chi connectivity index (χ1) is 15.7. The van der Waals surface area contributed by atoms with Crippen molar-refractivity contribution in [2.75, 3.05) is 12.0 Å². The number of carbonyl (C=O) groups is 2. The summed E-state index contributed by atoms with van der Waals surface area (Å²) < 4.78 is 5.41.